The number of rotatable bonds is 5. The van der Waals surface area contributed by atoms with Gasteiger partial charge in [0.15, 0.2) is 5.11 Å². The predicted molar refractivity (Wildman–Crippen MR) is 145 cm³/mol. The van der Waals surface area contributed by atoms with E-state index in [-0.39, 0.29) is 12.1 Å². The number of benzene rings is 1. The standard InChI is InChI=1S/C27H32ClN5S/c1-18(2)32-14-6-8-24(32)26-25(22-7-4-5-13-29-22)30-27(34)33(26)20-9-10-23(21(28)17-20)31-15-11-19(3)12-16-31/h4-10,13-14,17-19,25-26H,11-12,15-16H2,1-3H3,(H,30,34)/t25-,26-/m1/s1. The van der Waals surface area contributed by atoms with E-state index in [9.17, 15) is 0 Å². The quantitative estimate of drug-likeness (QED) is 0.409. The molecule has 2 fully saturated rings. The van der Waals surface area contributed by atoms with Crippen molar-refractivity contribution in [1.82, 2.24) is 14.9 Å². The minimum Gasteiger partial charge on any atom is -0.370 e. The molecule has 34 heavy (non-hydrogen) atoms. The summed E-state index contributed by atoms with van der Waals surface area (Å²) in [6.07, 6.45) is 6.39. The zero-order valence-corrected chi connectivity index (χ0v) is 21.6. The largest absolute Gasteiger partial charge is 0.370 e. The molecule has 0 aliphatic carbocycles. The van der Waals surface area contributed by atoms with Crippen molar-refractivity contribution in [1.29, 1.82) is 0 Å². The van der Waals surface area contributed by atoms with Crippen LogP contribution in [-0.2, 0) is 0 Å². The number of hydrogen-bond donors (Lipinski definition) is 1. The van der Waals surface area contributed by atoms with Crippen LogP contribution < -0.4 is 15.1 Å². The average molecular weight is 494 g/mol. The lowest BCUT2D eigenvalue weighted by atomic mass is 9.98. The Kier molecular flexibility index (Phi) is 6.54. The first-order valence-corrected chi connectivity index (χ1v) is 12.9. The van der Waals surface area contributed by atoms with Crippen molar-refractivity contribution in [3.63, 3.8) is 0 Å². The number of nitrogens with zero attached hydrogens (tertiary/aromatic N) is 4. The Balaban J connectivity index is 1.54. The lowest BCUT2D eigenvalue weighted by molar-refractivity contribution is 0.438. The summed E-state index contributed by atoms with van der Waals surface area (Å²) < 4.78 is 2.31. The number of halogens is 1. The van der Waals surface area contributed by atoms with Gasteiger partial charge < -0.3 is 19.7 Å². The lowest BCUT2D eigenvalue weighted by Gasteiger charge is -2.34. The van der Waals surface area contributed by atoms with Crippen molar-refractivity contribution >= 4 is 40.3 Å². The number of thiocarbonyl (C=S) groups is 1. The molecule has 0 spiro atoms. The van der Waals surface area contributed by atoms with Gasteiger partial charge in [-0.3, -0.25) is 4.98 Å². The topological polar surface area (TPSA) is 36.3 Å². The Morgan fingerprint density at radius 3 is 2.56 bits per heavy atom. The lowest BCUT2D eigenvalue weighted by Crippen LogP contribution is -2.33. The van der Waals surface area contributed by atoms with E-state index < -0.39 is 0 Å². The highest BCUT2D eigenvalue weighted by Crippen LogP contribution is 2.44. The van der Waals surface area contributed by atoms with Crippen molar-refractivity contribution in [3.05, 3.63) is 77.3 Å². The number of hydrogen-bond acceptors (Lipinski definition) is 3. The predicted octanol–water partition coefficient (Wildman–Crippen LogP) is 6.53. The molecule has 1 N–H and O–H groups in total. The van der Waals surface area contributed by atoms with Crippen LogP contribution in [0.25, 0.3) is 0 Å². The normalized spacial score (nSPS) is 21.4. The molecule has 0 saturated carbocycles. The van der Waals surface area contributed by atoms with Gasteiger partial charge in [-0.2, -0.15) is 0 Å². The molecule has 0 unspecified atom stereocenters. The van der Waals surface area contributed by atoms with E-state index in [2.05, 4.69) is 88.0 Å². The molecular formula is C27H32ClN5S. The maximum atomic E-state index is 6.88. The van der Waals surface area contributed by atoms with Gasteiger partial charge in [-0.25, -0.2) is 0 Å². The summed E-state index contributed by atoms with van der Waals surface area (Å²) in [5.41, 5.74) is 4.28. The monoisotopic (exact) mass is 493 g/mol. The Labute approximate surface area is 212 Å². The summed E-state index contributed by atoms with van der Waals surface area (Å²) in [6, 6.07) is 16.9. The minimum atomic E-state index is -0.0665. The molecule has 2 aliphatic rings. The number of pyridine rings is 1. The minimum absolute atomic E-state index is 0.0439. The summed E-state index contributed by atoms with van der Waals surface area (Å²) in [6.45, 7) is 8.84. The van der Waals surface area contributed by atoms with Gasteiger partial charge in [0.05, 0.1) is 22.4 Å². The van der Waals surface area contributed by atoms with Crippen LogP contribution in [-0.4, -0.2) is 27.8 Å². The number of aromatic nitrogens is 2. The average Bonchev–Trinajstić information content (AvgIpc) is 3.45. The van der Waals surface area contributed by atoms with E-state index in [0.717, 1.165) is 41.1 Å². The molecule has 2 aromatic heterocycles. The van der Waals surface area contributed by atoms with E-state index >= 15 is 0 Å². The smallest absolute Gasteiger partial charge is 0.174 e. The zero-order chi connectivity index (χ0) is 23.8. The van der Waals surface area contributed by atoms with Crippen LogP contribution in [0, 0.1) is 5.92 Å². The molecule has 178 valence electrons. The highest BCUT2D eigenvalue weighted by atomic mass is 35.5. The van der Waals surface area contributed by atoms with Crippen LogP contribution in [0.5, 0.6) is 0 Å². The van der Waals surface area contributed by atoms with E-state index in [1.807, 2.05) is 18.3 Å². The fourth-order valence-electron chi connectivity index (χ4n) is 5.21. The van der Waals surface area contributed by atoms with Gasteiger partial charge in [0, 0.05) is 42.9 Å². The molecule has 2 aliphatic heterocycles. The van der Waals surface area contributed by atoms with Gasteiger partial charge in [-0.1, -0.05) is 24.6 Å². The molecule has 4 heterocycles. The molecule has 5 rings (SSSR count). The second kappa shape index (κ2) is 9.59. The van der Waals surface area contributed by atoms with Gasteiger partial charge in [-0.15, -0.1) is 0 Å². The van der Waals surface area contributed by atoms with Crippen LogP contribution in [0.3, 0.4) is 0 Å². The highest BCUT2D eigenvalue weighted by molar-refractivity contribution is 7.80. The Hall–Kier alpha value is -2.57. The Bertz CT molecular complexity index is 1150. The van der Waals surface area contributed by atoms with Gasteiger partial charge >= 0.3 is 0 Å². The number of anilines is 2. The van der Waals surface area contributed by atoms with Gasteiger partial charge in [0.2, 0.25) is 0 Å². The molecule has 3 aromatic rings. The van der Waals surface area contributed by atoms with Crippen LogP contribution in [0.2, 0.25) is 5.02 Å². The fraction of sp³-hybridized carbons (Fsp3) is 0.407. The number of nitrogens with one attached hydrogen (secondary N) is 1. The van der Waals surface area contributed by atoms with Crippen LogP contribution in [0.4, 0.5) is 11.4 Å². The van der Waals surface area contributed by atoms with Crippen LogP contribution in [0.1, 0.15) is 63.1 Å². The van der Waals surface area contributed by atoms with Crippen molar-refractivity contribution in [2.24, 2.45) is 5.92 Å². The Morgan fingerprint density at radius 2 is 1.88 bits per heavy atom. The summed E-state index contributed by atoms with van der Waals surface area (Å²) in [7, 11) is 0. The van der Waals surface area contributed by atoms with E-state index in [1.54, 1.807) is 0 Å². The zero-order valence-electron chi connectivity index (χ0n) is 20.0. The molecule has 0 amide bonds. The van der Waals surface area contributed by atoms with Gasteiger partial charge in [0.25, 0.3) is 0 Å². The molecule has 2 atom stereocenters. The Morgan fingerprint density at radius 1 is 1.09 bits per heavy atom. The second-order valence-corrected chi connectivity index (χ2v) is 10.5. The molecule has 1 aromatic carbocycles. The van der Waals surface area contributed by atoms with Crippen molar-refractivity contribution in [2.75, 3.05) is 22.9 Å². The van der Waals surface area contributed by atoms with Crippen LogP contribution in [0.15, 0.2) is 60.9 Å². The van der Waals surface area contributed by atoms with Gasteiger partial charge in [-0.05, 0) is 87.3 Å². The number of piperidine rings is 1. The van der Waals surface area contributed by atoms with Crippen LogP contribution >= 0.6 is 23.8 Å². The summed E-state index contributed by atoms with van der Waals surface area (Å²) in [5, 5.41) is 5.01. The molecule has 0 bridgehead atoms. The first-order chi connectivity index (χ1) is 16.4. The van der Waals surface area contributed by atoms with Crippen molar-refractivity contribution < 1.29 is 0 Å². The van der Waals surface area contributed by atoms with Crippen molar-refractivity contribution in [3.8, 4) is 0 Å². The molecule has 7 heteroatoms. The first kappa shape index (κ1) is 23.2. The third-order valence-electron chi connectivity index (χ3n) is 7.10. The first-order valence-electron chi connectivity index (χ1n) is 12.2. The van der Waals surface area contributed by atoms with Gasteiger partial charge in [0.1, 0.15) is 6.04 Å². The second-order valence-electron chi connectivity index (χ2n) is 9.74. The van der Waals surface area contributed by atoms with Crippen molar-refractivity contribution in [2.45, 2.75) is 51.7 Å². The van der Waals surface area contributed by atoms with E-state index in [1.165, 1.54) is 18.5 Å². The maximum absolute atomic E-state index is 6.88. The summed E-state index contributed by atoms with van der Waals surface area (Å²) in [4.78, 5) is 9.28. The van der Waals surface area contributed by atoms with E-state index in [4.69, 9.17) is 23.8 Å². The fourth-order valence-corrected chi connectivity index (χ4v) is 5.85. The third-order valence-corrected chi connectivity index (χ3v) is 7.72. The highest BCUT2D eigenvalue weighted by Gasteiger charge is 2.42. The third kappa shape index (κ3) is 4.29. The molecule has 0 radical (unpaired) electrons. The molecule has 2 saturated heterocycles. The summed E-state index contributed by atoms with van der Waals surface area (Å²) in [5.74, 6) is 0.781. The maximum Gasteiger partial charge on any atom is 0.174 e. The summed E-state index contributed by atoms with van der Waals surface area (Å²) >= 11 is 12.8. The molecule has 5 nitrogen and oxygen atoms in total. The van der Waals surface area contributed by atoms with E-state index in [0.29, 0.717) is 11.2 Å². The molecular weight excluding hydrogens is 462 g/mol. The SMILES string of the molecule is CC1CCN(c2ccc(N3C(=S)N[C@H](c4ccccn4)[C@H]3c3cccn3C(C)C)cc2Cl)CC1.